The van der Waals surface area contributed by atoms with Crippen molar-refractivity contribution < 1.29 is 13.9 Å². The van der Waals surface area contributed by atoms with Crippen molar-refractivity contribution in [3.05, 3.63) is 70.5 Å². The summed E-state index contributed by atoms with van der Waals surface area (Å²) < 4.78 is 18.8. The van der Waals surface area contributed by atoms with Crippen molar-refractivity contribution in [3.63, 3.8) is 0 Å². The van der Waals surface area contributed by atoms with Crippen LogP contribution in [0.15, 0.2) is 48.5 Å². The molecule has 0 atom stereocenters. The molecule has 0 unspecified atom stereocenters. The molecule has 0 fully saturated rings. The highest BCUT2D eigenvalue weighted by atomic mass is 32.1. The van der Waals surface area contributed by atoms with Gasteiger partial charge in [-0.3, -0.25) is 10.1 Å². The third kappa shape index (κ3) is 3.94. The van der Waals surface area contributed by atoms with Gasteiger partial charge in [0.25, 0.3) is 5.91 Å². The van der Waals surface area contributed by atoms with E-state index in [0.29, 0.717) is 15.7 Å². The lowest BCUT2D eigenvalue weighted by Crippen LogP contribution is -2.11. The summed E-state index contributed by atoms with van der Waals surface area (Å²) in [4.78, 5) is 12.1. The molecule has 1 N–H and O–H groups in total. The third-order valence-corrected chi connectivity index (χ3v) is 4.00. The summed E-state index contributed by atoms with van der Waals surface area (Å²) in [5.41, 5.74) is 1.62. The molecule has 2 aromatic carbocycles. The van der Waals surface area contributed by atoms with E-state index >= 15 is 0 Å². The molecule has 122 valence electrons. The Labute approximate surface area is 142 Å². The van der Waals surface area contributed by atoms with Crippen molar-refractivity contribution in [2.75, 3.05) is 5.32 Å². The van der Waals surface area contributed by atoms with E-state index in [1.165, 1.54) is 23.5 Å². The lowest BCUT2D eigenvalue weighted by Gasteiger charge is -2.03. The number of aromatic nitrogens is 2. The number of carbonyl (C=O) groups excluding carboxylic acids is 1. The summed E-state index contributed by atoms with van der Waals surface area (Å²) in [5, 5.41) is 11.4. The van der Waals surface area contributed by atoms with E-state index in [-0.39, 0.29) is 18.3 Å². The van der Waals surface area contributed by atoms with Crippen LogP contribution in [-0.4, -0.2) is 16.1 Å². The van der Waals surface area contributed by atoms with Gasteiger partial charge < -0.3 is 4.74 Å². The fraction of sp³-hybridized carbons (Fsp3) is 0.118. The van der Waals surface area contributed by atoms with Crippen LogP contribution in [0.1, 0.15) is 20.9 Å². The number of amides is 1. The molecule has 0 saturated carbocycles. The minimum absolute atomic E-state index is 0.0823. The van der Waals surface area contributed by atoms with Crippen molar-refractivity contribution in [3.8, 4) is 5.75 Å². The second-order valence-corrected chi connectivity index (χ2v) is 6.10. The number of nitrogens with one attached hydrogen (secondary N) is 1. The second kappa shape index (κ2) is 7.18. The molecule has 0 aliphatic rings. The van der Waals surface area contributed by atoms with Crippen molar-refractivity contribution in [1.82, 2.24) is 10.2 Å². The molecule has 0 aliphatic carbocycles. The Morgan fingerprint density at radius 2 is 1.92 bits per heavy atom. The number of ether oxygens (including phenoxy) is 1. The number of rotatable bonds is 5. The summed E-state index contributed by atoms with van der Waals surface area (Å²) in [6.45, 7) is 2.04. The van der Waals surface area contributed by atoms with Gasteiger partial charge in [0, 0.05) is 5.56 Å². The van der Waals surface area contributed by atoms with E-state index in [9.17, 15) is 9.18 Å². The summed E-state index contributed by atoms with van der Waals surface area (Å²) in [7, 11) is 0. The number of benzene rings is 2. The molecule has 0 spiro atoms. The fourth-order valence-corrected chi connectivity index (χ4v) is 2.59. The molecule has 1 amide bonds. The Morgan fingerprint density at radius 1 is 1.17 bits per heavy atom. The van der Waals surface area contributed by atoms with Crippen LogP contribution in [0.4, 0.5) is 9.52 Å². The Balaban J connectivity index is 1.60. The normalized spacial score (nSPS) is 10.4. The lowest BCUT2D eigenvalue weighted by molar-refractivity contribution is 0.102. The maximum atomic E-state index is 13.5. The van der Waals surface area contributed by atoms with Crippen LogP contribution in [0.2, 0.25) is 0 Å². The van der Waals surface area contributed by atoms with Crippen LogP contribution in [0.3, 0.4) is 0 Å². The standard InChI is InChI=1S/C17H14FN3O2S/c1-11-6-8-12(9-7-11)16(22)19-17-21-20-15(24-17)10-23-14-5-3-2-4-13(14)18/h2-9H,10H2,1H3,(H,19,21,22). The van der Waals surface area contributed by atoms with Gasteiger partial charge in [0.05, 0.1) is 0 Å². The highest BCUT2D eigenvalue weighted by Gasteiger charge is 2.11. The number of para-hydroxylation sites is 1. The van der Waals surface area contributed by atoms with Crippen molar-refractivity contribution in [1.29, 1.82) is 0 Å². The summed E-state index contributed by atoms with van der Waals surface area (Å²) in [6.07, 6.45) is 0. The van der Waals surface area contributed by atoms with Crippen LogP contribution in [0.25, 0.3) is 0 Å². The highest BCUT2D eigenvalue weighted by molar-refractivity contribution is 7.15. The molecule has 1 heterocycles. The number of anilines is 1. The van der Waals surface area contributed by atoms with E-state index in [0.717, 1.165) is 5.56 Å². The molecular weight excluding hydrogens is 329 g/mol. The first-order valence-electron chi connectivity index (χ1n) is 7.19. The first-order valence-corrected chi connectivity index (χ1v) is 8.01. The SMILES string of the molecule is Cc1ccc(C(=O)Nc2nnc(COc3ccccc3F)s2)cc1. The zero-order chi connectivity index (χ0) is 16.9. The van der Waals surface area contributed by atoms with Crippen LogP contribution in [0, 0.1) is 12.7 Å². The topological polar surface area (TPSA) is 64.1 Å². The molecule has 0 saturated heterocycles. The number of carbonyl (C=O) groups is 1. The second-order valence-electron chi connectivity index (χ2n) is 5.04. The van der Waals surface area contributed by atoms with Gasteiger partial charge >= 0.3 is 0 Å². The molecule has 5 nitrogen and oxygen atoms in total. The van der Waals surface area contributed by atoms with Crippen molar-refractivity contribution in [2.24, 2.45) is 0 Å². The molecule has 3 aromatic rings. The average molecular weight is 343 g/mol. The van der Waals surface area contributed by atoms with Gasteiger partial charge in [0.15, 0.2) is 16.6 Å². The van der Waals surface area contributed by atoms with Gasteiger partial charge in [0.1, 0.15) is 6.61 Å². The molecule has 7 heteroatoms. The van der Waals surface area contributed by atoms with E-state index in [4.69, 9.17) is 4.74 Å². The largest absolute Gasteiger partial charge is 0.483 e. The summed E-state index contributed by atoms with van der Waals surface area (Å²) in [6, 6.07) is 13.4. The Morgan fingerprint density at radius 3 is 2.67 bits per heavy atom. The number of aryl methyl sites for hydroxylation is 1. The first kappa shape index (κ1) is 16.1. The van der Waals surface area contributed by atoms with Crippen LogP contribution in [0.5, 0.6) is 5.75 Å². The molecule has 0 bridgehead atoms. The van der Waals surface area contributed by atoms with E-state index < -0.39 is 5.82 Å². The maximum absolute atomic E-state index is 13.5. The Bertz CT molecular complexity index is 849. The fourth-order valence-electron chi connectivity index (χ4n) is 1.94. The number of hydrogen-bond donors (Lipinski definition) is 1. The first-order chi connectivity index (χ1) is 11.6. The summed E-state index contributed by atoms with van der Waals surface area (Å²) in [5.74, 6) is -0.541. The quantitative estimate of drug-likeness (QED) is 0.765. The lowest BCUT2D eigenvalue weighted by atomic mass is 10.1. The zero-order valence-electron chi connectivity index (χ0n) is 12.8. The molecule has 24 heavy (non-hydrogen) atoms. The van der Waals surface area contributed by atoms with Gasteiger partial charge in [-0.05, 0) is 31.2 Å². The molecular formula is C17H14FN3O2S. The van der Waals surface area contributed by atoms with Crippen molar-refractivity contribution in [2.45, 2.75) is 13.5 Å². The van der Waals surface area contributed by atoms with Gasteiger partial charge in [-0.25, -0.2) is 4.39 Å². The smallest absolute Gasteiger partial charge is 0.257 e. The van der Waals surface area contributed by atoms with Gasteiger partial charge in [0.2, 0.25) is 5.13 Å². The number of halogens is 1. The van der Waals surface area contributed by atoms with Crippen LogP contribution >= 0.6 is 11.3 Å². The molecule has 3 rings (SSSR count). The van der Waals surface area contributed by atoms with E-state index in [2.05, 4.69) is 15.5 Å². The number of nitrogens with zero attached hydrogens (tertiary/aromatic N) is 2. The molecule has 0 radical (unpaired) electrons. The maximum Gasteiger partial charge on any atom is 0.257 e. The Hall–Kier alpha value is -2.80. The average Bonchev–Trinajstić information content (AvgIpc) is 3.02. The minimum Gasteiger partial charge on any atom is -0.483 e. The predicted octanol–water partition coefficient (Wildman–Crippen LogP) is 3.82. The zero-order valence-corrected chi connectivity index (χ0v) is 13.6. The van der Waals surface area contributed by atoms with Crippen molar-refractivity contribution >= 4 is 22.4 Å². The number of hydrogen-bond acceptors (Lipinski definition) is 5. The Kier molecular flexibility index (Phi) is 4.81. The van der Waals surface area contributed by atoms with E-state index in [1.54, 1.807) is 24.3 Å². The van der Waals surface area contributed by atoms with E-state index in [1.807, 2.05) is 19.1 Å². The van der Waals surface area contributed by atoms with Crippen LogP contribution < -0.4 is 10.1 Å². The van der Waals surface area contributed by atoms with Gasteiger partial charge in [-0.1, -0.05) is 41.2 Å². The molecule has 1 aromatic heterocycles. The highest BCUT2D eigenvalue weighted by Crippen LogP contribution is 2.20. The van der Waals surface area contributed by atoms with Gasteiger partial charge in [-0.2, -0.15) is 0 Å². The predicted molar refractivity (Wildman–Crippen MR) is 89.8 cm³/mol. The summed E-state index contributed by atoms with van der Waals surface area (Å²) >= 11 is 1.18. The minimum atomic E-state index is -0.435. The van der Waals surface area contributed by atoms with Crippen LogP contribution in [-0.2, 0) is 6.61 Å². The third-order valence-electron chi connectivity index (χ3n) is 3.19. The monoisotopic (exact) mass is 343 g/mol. The molecule has 0 aliphatic heterocycles. The van der Waals surface area contributed by atoms with Gasteiger partial charge in [-0.15, -0.1) is 10.2 Å².